The molecule has 0 aromatic heterocycles. The first-order valence-corrected chi connectivity index (χ1v) is 5.11. The summed E-state index contributed by atoms with van der Waals surface area (Å²) in [6, 6.07) is 1.42. The molecule has 0 saturated heterocycles. The van der Waals surface area contributed by atoms with Gasteiger partial charge in [0.2, 0.25) is 5.91 Å². The van der Waals surface area contributed by atoms with Crippen LogP contribution in [0, 0.1) is 11.6 Å². The normalized spacial score (nSPS) is 13.9. The van der Waals surface area contributed by atoms with Crippen molar-refractivity contribution in [1.29, 1.82) is 0 Å². The summed E-state index contributed by atoms with van der Waals surface area (Å²) >= 11 is 0. The van der Waals surface area contributed by atoms with Gasteiger partial charge in [-0.05, 0) is 6.07 Å². The first-order valence-electron chi connectivity index (χ1n) is 5.11. The molecule has 2 unspecified atom stereocenters. The summed E-state index contributed by atoms with van der Waals surface area (Å²) < 4.78 is 26.8. The zero-order chi connectivity index (χ0) is 14.7. The Morgan fingerprint density at radius 1 is 1.26 bits per heavy atom. The molecule has 8 heteroatoms. The van der Waals surface area contributed by atoms with E-state index in [2.05, 4.69) is 0 Å². The number of hydrogen-bond donors (Lipinski definition) is 4. The number of aromatic carboxylic acids is 1. The lowest BCUT2D eigenvalue weighted by Gasteiger charge is -2.18. The maximum atomic E-state index is 13.7. The second kappa shape index (κ2) is 5.72. The molecule has 0 heterocycles. The standard InChI is InChI=1S/C11H11F2NO5/c12-5-2-1-4(9(13)8(5)11(18)19)10(17)6(15)3-7(14)16/h1-2,6,10,15,17H,3H2,(H2,14,16)(H,18,19). The van der Waals surface area contributed by atoms with Gasteiger partial charge in [-0.15, -0.1) is 0 Å². The summed E-state index contributed by atoms with van der Waals surface area (Å²) in [6.07, 6.45) is -4.27. The molecule has 1 aromatic rings. The Labute approximate surface area is 106 Å². The molecule has 0 fully saturated rings. The van der Waals surface area contributed by atoms with Gasteiger partial charge in [-0.1, -0.05) is 6.07 Å². The third kappa shape index (κ3) is 3.24. The Bertz CT molecular complexity index is 520. The van der Waals surface area contributed by atoms with Gasteiger partial charge >= 0.3 is 5.97 Å². The SMILES string of the molecule is NC(=O)CC(O)C(O)c1ccc(F)c(C(=O)O)c1F. The Hall–Kier alpha value is -2.06. The molecule has 6 nitrogen and oxygen atoms in total. The minimum Gasteiger partial charge on any atom is -0.477 e. The third-order valence-electron chi connectivity index (χ3n) is 2.43. The Morgan fingerprint density at radius 3 is 2.32 bits per heavy atom. The second-order valence-corrected chi connectivity index (χ2v) is 3.81. The van der Waals surface area contributed by atoms with Gasteiger partial charge in [0.1, 0.15) is 23.3 Å². The summed E-state index contributed by atoms with van der Waals surface area (Å²) in [5.74, 6) is -5.62. The maximum absolute atomic E-state index is 13.7. The molecule has 1 rings (SSSR count). The van der Waals surface area contributed by atoms with Gasteiger partial charge in [-0.3, -0.25) is 4.79 Å². The van der Waals surface area contributed by atoms with Crippen molar-refractivity contribution in [3.63, 3.8) is 0 Å². The highest BCUT2D eigenvalue weighted by Crippen LogP contribution is 2.25. The van der Waals surface area contributed by atoms with E-state index in [9.17, 15) is 28.6 Å². The molecule has 0 aliphatic heterocycles. The van der Waals surface area contributed by atoms with Crippen LogP contribution in [0.3, 0.4) is 0 Å². The number of amides is 1. The van der Waals surface area contributed by atoms with E-state index >= 15 is 0 Å². The second-order valence-electron chi connectivity index (χ2n) is 3.81. The lowest BCUT2D eigenvalue weighted by Crippen LogP contribution is -2.26. The van der Waals surface area contributed by atoms with Gasteiger partial charge in [0.25, 0.3) is 0 Å². The molecule has 5 N–H and O–H groups in total. The quantitative estimate of drug-likeness (QED) is 0.599. The van der Waals surface area contributed by atoms with Gasteiger partial charge in [0.05, 0.1) is 12.5 Å². The highest BCUT2D eigenvalue weighted by atomic mass is 19.1. The van der Waals surface area contributed by atoms with Crippen molar-refractivity contribution in [3.05, 3.63) is 34.9 Å². The van der Waals surface area contributed by atoms with Gasteiger partial charge in [0, 0.05) is 5.56 Å². The number of primary amides is 1. The number of benzene rings is 1. The molecule has 19 heavy (non-hydrogen) atoms. The van der Waals surface area contributed by atoms with Crippen LogP contribution in [0.4, 0.5) is 8.78 Å². The van der Waals surface area contributed by atoms with Crippen molar-refractivity contribution in [2.45, 2.75) is 18.6 Å². The van der Waals surface area contributed by atoms with Crippen LogP contribution in [0.1, 0.15) is 28.4 Å². The average molecular weight is 275 g/mol. The van der Waals surface area contributed by atoms with E-state index in [1.54, 1.807) is 0 Å². The van der Waals surface area contributed by atoms with Crippen molar-refractivity contribution in [2.24, 2.45) is 5.73 Å². The predicted molar refractivity (Wildman–Crippen MR) is 58.1 cm³/mol. The van der Waals surface area contributed by atoms with E-state index in [-0.39, 0.29) is 0 Å². The molecule has 1 amide bonds. The van der Waals surface area contributed by atoms with Crippen LogP contribution in [0.25, 0.3) is 0 Å². The number of carbonyl (C=O) groups is 2. The fraction of sp³-hybridized carbons (Fsp3) is 0.273. The molecule has 0 aliphatic rings. The lowest BCUT2D eigenvalue weighted by atomic mass is 9.98. The molecule has 0 bridgehead atoms. The van der Waals surface area contributed by atoms with E-state index in [0.717, 1.165) is 6.07 Å². The van der Waals surface area contributed by atoms with E-state index in [1.165, 1.54) is 0 Å². The lowest BCUT2D eigenvalue weighted by molar-refractivity contribution is -0.121. The summed E-state index contributed by atoms with van der Waals surface area (Å²) in [4.78, 5) is 21.2. The number of hydrogen-bond acceptors (Lipinski definition) is 4. The number of carbonyl (C=O) groups excluding carboxylic acids is 1. The van der Waals surface area contributed by atoms with E-state index in [4.69, 9.17) is 10.8 Å². The van der Waals surface area contributed by atoms with Crippen LogP contribution in [0.2, 0.25) is 0 Å². The number of carboxylic acids is 1. The third-order valence-corrected chi connectivity index (χ3v) is 2.43. The minimum absolute atomic E-state index is 0.632. The first kappa shape index (κ1) is 15.0. The fourth-order valence-electron chi connectivity index (χ4n) is 1.52. The van der Waals surface area contributed by atoms with E-state index in [1.807, 2.05) is 0 Å². The number of nitrogens with two attached hydrogens (primary N) is 1. The van der Waals surface area contributed by atoms with Crippen molar-refractivity contribution in [2.75, 3.05) is 0 Å². The Morgan fingerprint density at radius 2 is 1.84 bits per heavy atom. The van der Waals surface area contributed by atoms with Gasteiger partial charge in [-0.2, -0.15) is 0 Å². The maximum Gasteiger partial charge on any atom is 0.341 e. The minimum atomic E-state index is -1.90. The molecular formula is C11H11F2NO5. The van der Waals surface area contributed by atoms with Crippen molar-refractivity contribution >= 4 is 11.9 Å². The number of rotatable bonds is 5. The molecule has 0 aliphatic carbocycles. The van der Waals surface area contributed by atoms with E-state index < -0.39 is 53.3 Å². The van der Waals surface area contributed by atoms with Crippen LogP contribution in [0.15, 0.2) is 12.1 Å². The number of halogens is 2. The molecule has 1 aromatic carbocycles. The Balaban J connectivity index is 3.18. The summed E-state index contributed by atoms with van der Waals surface area (Å²) in [5, 5.41) is 27.6. The zero-order valence-electron chi connectivity index (χ0n) is 9.51. The number of carboxylic acid groups (broad SMARTS) is 1. The summed E-state index contributed by atoms with van der Waals surface area (Å²) in [7, 11) is 0. The van der Waals surface area contributed by atoms with Crippen LogP contribution >= 0.6 is 0 Å². The van der Waals surface area contributed by atoms with Crippen LogP contribution < -0.4 is 5.73 Å². The van der Waals surface area contributed by atoms with E-state index in [0.29, 0.717) is 6.07 Å². The smallest absolute Gasteiger partial charge is 0.341 e. The number of aliphatic hydroxyl groups is 2. The van der Waals surface area contributed by atoms with Crippen molar-refractivity contribution in [3.8, 4) is 0 Å². The largest absolute Gasteiger partial charge is 0.477 e. The summed E-state index contributed by atoms with van der Waals surface area (Å²) in [6.45, 7) is 0. The monoisotopic (exact) mass is 275 g/mol. The van der Waals surface area contributed by atoms with Gasteiger partial charge in [0.15, 0.2) is 0 Å². The van der Waals surface area contributed by atoms with Gasteiger partial charge < -0.3 is 21.1 Å². The molecule has 0 saturated carbocycles. The zero-order valence-corrected chi connectivity index (χ0v) is 9.51. The average Bonchev–Trinajstić information content (AvgIpc) is 2.26. The molecule has 104 valence electrons. The van der Waals surface area contributed by atoms with Crippen molar-refractivity contribution in [1.82, 2.24) is 0 Å². The fourth-order valence-corrected chi connectivity index (χ4v) is 1.52. The van der Waals surface area contributed by atoms with Crippen LogP contribution in [-0.4, -0.2) is 33.3 Å². The Kier molecular flexibility index (Phi) is 4.52. The molecule has 0 radical (unpaired) electrons. The number of aliphatic hydroxyl groups excluding tert-OH is 2. The van der Waals surface area contributed by atoms with Crippen molar-refractivity contribution < 1.29 is 33.7 Å². The first-order chi connectivity index (χ1) is 8.75. The highest BCUT2D eigenvalue weighted by molar-refractivity contribution is 5.88. The molecule has 0 spiro atoms. The molecular weight excluding hydrogens is 264 g/mol. The predicted octanol–water partition coefficient (Wildman–Crippen LogP) is -0.0673. The van der Waals surface area contributed by atoms with Crippen LogP contribution in [0.5, 0.6) is 0 Å². The molecule has 2 atom stereocenters. The topological polar surface area (TPSA) is 121 Å². The van der Waals surface area contributed by atoms with Crippen LogP contribution in [-0.2, 0) is 4.79 Å². The van der Waals surface area contributed by atoms with Gasteiger partial charge in [-0.25, -0.2) is 13.6 Å². The highest BCUT2D eigenvalue weighted by Gasteiger charge is 2.27. The summed E-state index contributed by atoms with van der Waals surface area (Å²) in [5.41, 5.74) is 2.91.